The van der Waals surface area contributed by atoms with E-state index in [2.05, 4.69) is 218 Å². The molecule has 0 aromatic heterocycles. The molecular formula is C62H44AgAuP2+2. The van der Waals surface area contributed by atoms with Crippen LogP contribution in [0.5, 0.6) is 0 Å². The van der Waals surface area contributed by atoms with Gasteiger partial charge < -0.3 is 12.8 Å². The van der Waals surface area contributed by atoms with Gasteiger partial charge in [-0.25, -0.2) is 0 Å². The Labute approximate surface area is 422 Å². The minimum atomic E-state index is -1.14. The van der Waals surface area contributed by atoms with Gasteiger partial charge in [-0.3, -0.25) is 11.8 Å². The second-order valence-corrected chi connectivity index (χ2v) is 20.3. The summed E-state index contributed by atoms with van der Waals surface area (Å²) < 4.78 is 0. The van der Waals surface area contributed by atoms with Crippen LogP contribution in [0, 0.1) is 24.7 Å². The Morgan fingerprint density at radius 2 is 0.545 bits per heavy atom. The van der Waals surface area contributed by atoms with Crippen LogP contribution in [-0.2, 0) is 44.8 Å². The molecule has 0 atom stereocenters. The van der Waals surface area contributed by atoms with Crippen LogP contribution >= 0.6 is 15.8 Å². The fourth-order valence-corrected chi connectivity index (χ4v) is 14.6. The van der Waals surface area contributed by atoms with Crippen LogP contribution in [0.25, 0.3) is 43.1 Å². The Kier molecular flexibility index (Phi) is 17.0. The molecule has 0 saturated heterocycles. The van der Waals surface area contributed by atoms with E-state index in [0.29, 0.717) is 0 Å². The molecule has 0 fully saturated rings. The summed E-state index contributed by atoms with van der Waals surface area (Å²) in [7, 11) is -2.28. The molecule has 0 heterocycles. The van der Waals surface area contributed by atoms with Crippen LogP contribution in [0.4, 0.5) is 0 Å². The van der Waals surface area contributed by atoms with Crippen molar-refractivity contribution in [3.63, 3.8) is 0 Å². The second kappa shape index (κ2) is 23.4. The van der Waals surface area contributed by atoms with Crippen molar-refractivity contribution in [1.82, 2.24) is 0 Å². The van der Waals surface area contributed by atoms with Gasteiger partial charge in [0.05, 0.1) is 0 Å². The first kappa shape index (κ1) is 47.9. The second-order valence-electron chi connectivity index (χ2n) is 15.4. The standard InChI is InChI=1S/C30H24P2.2C16H9.Ag.Au/c1-5-15-25(16-6-1)31(26-17-7-2-8-18-26)29-23-13-14-24-30(29)32(27-19-9-3-10-20-27)28-21-11-4-12-22-28;2*1-2-12-7-5-8-14-11-10-13-6-3-4-9-15(13)16(12)14;;/h1-24H;2*3-11H;;/q;2*-1;2*+1/p+2. The van der Waals surface area contributed by atoms with E-state index in [9.17, 15) is 0 Å². The third-order valence-electron chi connectivity index (χ3n) is 11.5. The molecule has 0 N–H and O–H groups in total. The van der Waals surface area contributed by atoms with E-state index in [1.165, 1.54) is 53.4 Å². The smallest absolute Gasteiger partial charge is 0.366 e. The minimum Gasteiger partial charge on any atom is -0.366 e. The molecule has 0 unspecified atom stereocenters. The van der Waals surface area contributed by atoms with E-state index in [1.54, 1.807) is 0 Å². The van der Waals surface area contributed by atoms with Gasteiger partial charge >= 0.3 is 44.8 Å². The summed E-state index contributed by atoms with van der Waals surface area (Å²) in [5.74, 6) is 5.02. The van der Waals surface area contributed by atoms with E-state index in [-0.39, 0.29) is 44.8 Å². The van der Waals surface area contributed by atoms with Crippen molar-refractivity contribution in [1.29, 1.82) is 0 Å². The van der Waals surface area contributed by atoms with Crippen LogP contribution in [0.1, 0.15) is 11.1 Å². The first-order valence-corrected chi connectivity index (χ1v) is 24.4. The fourth-order valence-electron chi connectivity index (χ4n) is 8.62. The fraction of sp³-hybridized carbons (Fsp3) is 0. The maximum absolute atomic E-state index is 7.35. The molecule has 11 aromatic carbocycles. The van der Waals surface area contributed by atoms with Gasteiger partial charge in [0, 0.05) is 0 Å². The zero-order chi connectivity index (χ0) is 43.5. The van der Waals surface area contributed by atoms with E-state index in [4.69, 9.17) is 12.8 Å². The molecule has 4 heteroatoms. The maximum Gasteiger partial charge on any atom is 1.00 e. The zero-order valence-corrected chi connectivity index (χ0v) is 41.5. The topological polar surface area (TPSA) is 0 Å². The van der Waals surface area contributed by atoms with Gasteiger partial charge in [0.1, 0.15) is 47.7 Å². The molecule has 0 aliphatic heterocycles. The van der Waals surface area contributed by atoms with Gasteiger partial charge in [-0.2, -0.15) is 0 Å². The molecule has 66 heavy (non-hydrogen) atoms. The van der Waals surface area contributed by atoms with Gasteiger partial charge in [-0.1, -0.05) is 193 Å². The van der Waals surface area contributed by atoms with Crippen molar-refractivity contribution in [3.8, 4) is 11.8 Å². The third kappa shape index (κ3) is 10.6. The molecule has 0 amide bonds. The first-order valence-electron chi connectivity index (χ1n) is 21.4. The average molecular weight is 1160 g/mol. The van der Waals surface area contributed by atoms with E-state index in [1.807, 2.05) is 48.5 Å². The third-order valence-corrected chi connectivity index (χ3v) is 17.4. The molecule has 11 aromatic rings. The van der Waals surface area contributed by atoms with Gasteiger partial charge in [-0.05, 0) is 93.0 Å². The van der Waals surface area contributed by atoms with E-state index < -0.39 is 15.8 Å². The number of benzene rings is 11. The zero-order valence-electron chi connectivity index (χ0n) is 35.9. The number of hydrogen-bond acceptors (Lipinski definition) is 0. The number of fused-ring (bicyclic) bond motifs is 6. The predicted octanol–water partition coefficient (Wildman–Crippen LogP) is 12.5. The average Bonchev–Trinajstić information content (AvgIpc) is 3.38. The van der Waals surface area contributed by atoms with Crippen molar-refractivity contribution in [2.75, 3.05) is 0 Å². The molecule has 322 valence electrons. The van der Waals surface area contributed by atoms with Crippen molar-refractivity contribution in [2.45, 2.75) is 0 Å². The SMILES string of the molecule is [Ag+].[Au+].[C-]#Cc1cccc2ccc3ccccc3c12.[C-]#Cc1cccc2ccc3ccccc3c12.c1ccc([PH+](c2ccccc2)c2ccccc2[PH+](c2ccccc2)c2ccccc2)cc1. The Bertz CT molecular complexity index is 3110. The predicted molar refractivity (Wildman–Crippen MR) is 282 cm³/mol. The molecule has 0 radical (unpaired) electrons. The molecule has 0 aliphatic carbocycles. The molecule has 0 bridgehead atoms. The summed E-state index contributed by atoms with van der Waals surface area (Å²) in [6.45, 7) is 0. The normalized spacial score (nSPS) is 10.4. The van der Waals surface area contributed by atoms with Crippen molar-refractivity contribution >= 4 is 90.8 Å². The van der Waals surface area contributed by atoms with Gasteiger partial charge in [0.15, 0.2) is 0 Å². The number of hydrogen-bond donors (Lipinski definition) is 0. The van der Waals surface area contributed by atoms with Crippen LogP contribution in [0.2, 0.25) is 0 Å². The van der Waals surface area contributed by atoms with E-state index in [0.717, 1.165) is 32.7 Å². The van der Waals surface area contributed by atoms with E-state index >= 15 is 0 Å². The molecule has 0 aliphatic rings. The van der Waals surface area contributed by atoms with Crippen molar-refractivity contribution in [2.24, 2.45) is 0 Å². The summed E-state index contributed by atoms with van der Waals surface area (Å²) in [5.41, 5.74) is 1.71. The van der Waals surface area contributed by atoms with Crippen molar-refractivity contribution in [3.05, 3.63) is 279 Å². The van der Waals surface area contributed by atoms with Gasteiger partial charge in [0.2, 0.25) is 0 Å². The summed E-state index contributed by atoms with van der Waals surface area (Å²) >= 11 is 0. The van der Waals surface area contributed by atoms with Crippen molar-refractivity contribution < 1.29 is 44.8 Å². The summed E-state index contributed by atoms with van der Waals surface area (Å²) in [4.78, 5) is 0. The van der Waals surface area contributed by atoms with Crippen LogP contribution in [-0.4, -0.2) is 0 Å². The monoisotopic (exact) mass is 1150 g/mol. The first-order chi connectivity index (χ1) is 31.7. The molecule has 0 saturated carbocycles. The quantitative estimate of drug-likeness (QED) is 0.0512. The molecule has 11 rings (SSSR count). The summed E-state index contributed by atoms with van der Waals surface area (Å²) in [6.07, 6.45) is 14.7. The van der Waals surface area contributed by atoms with Crippen LogP contribution in [0.15, 0.2) is 255 Å². The Morgan fingerprint density at radius 3 is 0.879 bits per heavy atom. The molecule has 0 spiro atoms. The Balaban J connectivity index is 0.000000160. The van der Waals surface area contributed by atoms with Gasteiger partial charge in [0.25, 0.3) is 0 Å². The Morgan fingerprint density at radius 1 is 0.273 bits per heavy atom. The molecule has 0 nitrogen and oxygen atoms in total. The van der Waals surface area contributed by atoms with Crippen LogP contribution < -0.4 is 31.8 Å². The minimum absolute atomic E-state index is 0. The largest absolute Gasteiger partial charge is 1.00 e. The molecular weight excluding hydrogens is 1110 g/mol. The summed E-state index contributed by atoms with van der Waals surface area (Å²) in [5, 5.41) is 18.1. The van der Waals surface area contributed by atoms with Gasteiger partial charge in [-0.15, -0.1) is 23.3 Å². The maximum atomic E-state index is 7.35. The van der Waals surface area contributed by atoms with Crippen LogP contribution in [0.3, 0.4) is 0 Å². The number of rotatable bonds is 6. The Hall–Kier alpha value is -6.08. The summed E-state index contributed by atoms with van der Waals surface area (Å²) in [6, 6.07) is 90.3.